The van der Waals surface area contributed by atoms with Crippen LogP contribution < -0.4 is 16.8 Å². The SMILES string of the molecule is N#C/C(=C\Nc1[nH]ncc1C(N)=O)C(N)=O. The van der Waals surface area contributed by atoms with E-state index in [0.717, 1.165) is 6.20 Å². The second-order valence-corrected chi connectivity index (χ2v) is 2.70. The van der Waals surface area contributed by atoms with Crippen LogP contribution in [-0.2, 0) is 4.79 Å². The van der Waals surface area contributed by atoms with E-state index in [1.165, 1.54) is 6.20 Å². The zero-order valence-corrected chi connectivity index (χ0v) is 8.02. The Hall–Kier alpha value is -2.82. The molecule has 0 aromatic carbocycles. The van der Waals surface area contributed by atoms with E-state index in [4.69, 9.17) is 16.7 Å². The second kappa shape index (κ2) is 4.61. The highest BCUT2D eigenvalue weighted by atomic mass is 16.1. The third kappa shape index (κ3) is 2.36. The van der Waals surface area contributed by atoms with E-state index in [1.807, 2.05) is 0 Å². The molecule has 6 N–H and O–H groups in total. The molecule has 1 rings (SSSR count). The number of nitrogens with zero attached hydrogens (tertiary/aromatic N) is 2. The maximum Gasteiger partial charge on any atom is 0.260 e. The van der Waals surface area contributed by atoms with Crippen molar-refractivity contribution >= 4 is 17.6 Å². The van der Waals surface area contributed by atoms with Crippen molar-refractivity contribution in [3.63, 3.8) is 0 Å². The summed E-state index contributed by atoms with van der Waals surface area (Å²) < 4.78 is 0. The number of rotatable bonds is 4. The van der Waals surface area contributed by atoms with Crippen LogP contribution >= 0.6 is 0 Å². The van der Waals surface area contributed by atoms with Gasteiger partial charge in [0.05, 0.1) is 6.20 Å². The summed E-state index contributed by atoms with van der Waals surface area (Å²) in [6.45, 7) is 0. The number of hydrogen-bond donors (Lipinski definition) is 4. The number of nitriles is 1. The molecule has 1 heterocycles. The molecule has 1 aromatic rings. The third-order valence-electron chi connectivity index (χ3n) is 1.65. The number of carbonyl (C=O) groups is 2. The maximum absolute atomic E-state index is 10.9. The molecule has 0 unspecified atom stereocenters. The monoisotopic (exact) mass is 220 g/mol. The van der Waals surface area contributed by atoms with Crippen LogP contribution in [0.25, 0.3) is 0 Å². The van der Waals surface area contributed by atoms with Crippen molar-refractivity contribution in [2.24, 2.45) is 11.5 Å². The van der Waals surface area contributed by atoms with E-state index < -0.39 is 11.8 Å². The number of aromatic amines is 1. The zero-order valence-electron chi connectivity index (χ0n) is 8.02. The van der Waals surface area contributed by atoms with Gasteiger partial charge in [-0.25, -0.2) is 0 Å². The van der Waals surface area contributed by atoms with Crippen molar-refractivity contribution in [1.82, 2.24) is 10.2 Å². The molecule has 8 nitrogen and oxygen atoms in total. The average Bonchev–Trinajstić information content (AvgIpc) is 2.66. The van der Waals surface area contributed by atoms with Crippen LogP contribution in [0.2, 0.25) is 0 Å². The Balaban J connectivity index is 2.90. The largest absolute Gasteiger partial charge is 0.365 e. The second-order valence-electron chi connectivity index (χ2n) is 2.70. The molecule has 0 aliphatic carbocycles. The first kappa shape index (κ1) is 11.3. The minimum atomic E-state index is -0.879. The van der Waals surface area contributed by atoms with Gasteiger partial charge in [-0.15, -0.1) is 0 Å². The quantitative estimate of drug-likeness (QED) is 0.371. The molecule has 82 valence electrons. The fourth-order valence-electron chi connectivity index (χ4n) is 0.886. The van der Waals surface area contributed by atoms with Gasteiger partial charge in [-0.05, 0) is 0 Å². The van der Waals surface area contributed by atoms with Gasteiger partial charge in [0, 0.05) is 6.20 Å². The maximum atomic E-state index is 10.9. The van der Waals surface area contributed by atoms with Crippen molar-refractivity contribution in [1.29, 1.82) is 5.26 Å². The number of amides is 2. The van der Waals surface area contributed by atoms with Crippen molar-refractivity contribution in [2.45, 2.75) is 0 Å². The molecule has 1 aromatic heterocycles. The van der Waals surface area contributed by atoms with Crippen LogP contribution in [0.1, 0.15) is 10.4 Å². The Kier molecular flexibility index (Phi) is 3.24. The summed E-state index contributed by atoms with van der Waals surface area (Å²) in [7, 11) is 0. The fourth-order valence-corrected chi connectivity index (χ4v) is 0.886. The van der Waals surface area contributed by atoms with Crippen LogP contribution in [0, 0.1) is 11.3 Å². The Morgan fingerprint density at radius 3 is 2.75 bits per heavy atom. The van der Waals surface area contributed by atoms with Crippen LogP contribution in [-0.4, -0.2) is 22.0 Å². The summed E-state index contributed by atoms with van der Waals surface area (Å²) in [4.78, 5) is 21.6. The van der Waals surface area contributed by atoms with Gasteiger partial charge in [-0.3, -0.25) is 14.7 Å². The van der Waals surface area contributed by atoms with E-state index in [-0.39, 0.29) is 17.0 Å². The molecular formula is C8H8N6O2. The van der Waals surface area contributed by atoms with Gasteiger partial charge in [-0.2, -0.15) is 10.4 Å². The molecule has 0 radical (unpaired) electrons. The molecule has 0 aliphatic rings. The van der Waals surface area contributed by atoms with Gasteiger partial charge in [-0.1, -0.05) is 0 Å². The smallest absolute Gasteiger partial charge is 0.260 e. The standard InChI is InChI=1S/C8H8N6O2/c9-1-4(6(10)15)2-12-8-5(7(11)16)3-13-14-8/h2-3H,(H2,10,15)(H2,11,16)(H2,12,13,14)/b4-2+. The van der Waals surface area contributed by atoms with Gasteiger partial charge in [0.2, 0.25) is 0 Å². The van der Waals surface area contributed by atoms with Crippen LogP contribution in [0.4, 0.5) is 5.82 Å². The molecule has 0 atom stereocenters. The van der Waals surface area contributed by atoms with E-state index in [1.54, 1.807) is 6.07 Å². The zero-order chi connectivity index (χ0) is 12.1. The number of aromatic nitrogens is 2. The van der Waals surface area contributed by atoms with E-state index in [2.05, 4.69) is 15.5 Å². The molecule has 2 amide bonds. The van der Waals surface area contributed by atoms with Crippen molar-refractivity contribution in [2.75, 3.05) is 5.32 Å². The number of carbonyl (C=O) groups excluding carboxylic acids is 2. The van der Waals surface area contributed by atoms with Gasteiger partial charge in [0.15, 0.2) is 0 Å². The van der Waals surface area contributed by atoms with E-state index >= 15 is 0 Å². The Bertz CT molecular complexity index is 495. The number of nitrogens with two attached hydrogens (primary N) is 2. The third-order valence-corrected chi connectivity index (χ3v) is 1.65. The number of H-pyrrole nitrogens is 1. The van der Waals surface area contributed by atoms with Gasteiger partial charge < -0.3 is 16.8 Å². The Morgan fingerprint density at radius 2 is 2.25 bits per heavy atom. The van der Waals surface area contributed by atoms with E-state index in [9.17, 15) is 9.59 Å². The average molecular weight is 220 g/mol. The normalized spacial score (nSPS) is 10.6. The summed E-state index contributed by atoms with van der Waals surface area (Å²) in [6.07, 6.45) is 2.27. The predicted molar refractivity (Wildman–Crippen MR) is 53.6 cm³/mol. The fraction of sp³-hybridized carbons (Fsp3) is 0. The first-order chi connectivity index (χ1) is 7.56. The van der Waals surface area contributed by atoms with Crippen molar-refractivity contribution in [3.8, 4) is 6.07 Å². The first-order valence-electron chi connectivity index (χ1n) is 4.06. The molecule has 0 bridgehead atoms. The summed E-state index contributed by atoms with van der Waals surface area (Å²) in [5.41, 5.74) is 9.76. The van der Waals surface area contributed by atoms with Gasteiger partial charge >= 0.3 is 0 Å². The molecule has 0 saturated heterocycles. The molecule has 0 aliphatic heterocycles. The van der Waals surface area contributed by atoms with Gasteiger partial charge in [0.25, 0.3) is 11.8 Å². The lowest BCUT2D eigenvalue weighted by Gasteiger charge is -1.99. The molecular weight excluding hydrogens is 212 g/mol. The molecule has 16 heavy (non-hydrogen) atoms. The highest BCUT2D eigenvalue weighted by molar-refractivity contribution is 5.98. The minimum Gasteiger partial charge on any atom is -0.365 e. The van der Waals surface area contributed by atoms with Crippen LogP contribution in [0.15, 0.2) is 18.0 Å². The van der Waals surface area contributed by atoms with Crippen molar-refractivity contribution < 1.29 is 9.59 Å². The summed E-state index contributed by atoms with van der Waals surface area (Å²) >= 11 is 0. The lowest BCUT2D eigenvalue weighted by atomic mass is 10.3. The lowest BCUT2D eigenvalue weighted by molar-refractivity contribution is -0.114. The number of primary amides is 2. The lowest BCUT2D eigenvalue weighted by Crippen LogP contribution is -2.15. The minimum absolute atomic E-state index is 0.109. The Morgan fingerprint density at radius 1 is 1.56 bits per heavy atom. The molecule has 0 saturated carbocycles. The highest BCUT2D eigenvalue weighted by Gasteiger charge is 2.10. The topological polar surface area (TPSA) is 151 Å². The summed E-state index contributed by atoms with van der Waals surface area (Å²) in [6, 6.07) is 1.59. The first-order valence-corrected chi connectivity index (χ1v) is 4.06. The number of hydrogen-bond acceptors (Lipinski definition) is 5. The summed E-state index contributed by atoms with van der Waals surface area (Å²) in [5, 5.41) is 17.0. The number of anilines is 1. The molecule has 0 spiro atoms. The number of nitrogens with one attached hydrogen (secondary N) is 2. The predicted octanol–water partition coefficient (Wildman–Crippen LogP) is -1.19. The molecule has 0 fully saturated rings. The van der Waals surface area contributed by atoms with E-state index in [0.29, 0.717) is 0 Å². The Labute approximate surface area is 89.9 Å². The highest BCUT2D eigenvalue weighted by Crippen LogP contribution is 2.09. The van der Waals surface area contributed by atoms with Gasteiger partial charge in [0.1, 0.15) is 23.0 Å². The van der Waals surface area contributed by atoms with Crippen molar-refractivity contribution in [3.05, 3.63) is 23.5 Å². The van der Waals surface area contributed by atoms with Crippen LogP contribution in [0.5, 0.6) is 0 Å². The van der Waals surface area contributed by atoms with Crippen LogP contribution in [0.3, 0.4) is 0 Å². The molecule has 8 heteroatoms. The summed E-state index contributed by atoms with van der Waals surface area (Å²) in [5.74, 6) is -1.39.